The number of anilines is 1. The maximum absolute atomic E-state index is 13.4. The summed E-state index contributed by atoms with van der Waals surface area (Å²) < 4.78 is 18.5. The van der Waals surface area contributed by atoms with Crippen LogP contribution >= 0.6 is 0 Å². The summed E-state index contributed by atoms with van der Waals surface area (Å²) in [6.07, 6.45) is 5.08. The molecule has 1 saturated carbocycles. The van der Waals surface area contributed by atoms with Gasteiger partial charge in [0.05, 0.1) is 18.2 Å². The van der Waals surface area contributed by atoms with Gasteiger partial charge in [-0.3, -0.25) is 15.2 Å². The van der Waals surface area contributed by atoms with Gasteiger partial charge in [0, 0.05) is 18.9 Å². The second-order valence-electron chi connectivity index (χ2n) is 7.07. The fourth-order valence-corrected chi connectivity index (χ4v) is 3.45. The number of guanidine groups is 1. The standard InChI is InChI=1S/C19H26FN5O2/c1-12(11-27-2)21-19(22-17(26)9-13-5-3-4-6-13)23-18-15-8-7-14(20)10-16(15)24-25-18/h7-8,10,12-13H,3-6,9,11H2,1-2H3,(H3,21,22,23,24,25,26). The number of aliphatic imine (C=N–C) groups is 1. The lowest BCUT2D eigenvalue weighted by Crippen LogP contribution is -2.38. The van der Waals surface area contributed by atoms with Crippen molar-refractivity contribution in [2.24, 2.45) is 10.9 Å². The zero-order valence-corrected chi connectivity index (χ0v) is 15.7. The van der Waals surface area contributed by atoms with Crippen LogP contribution in [0.3, 0.4) is 0 Å². The summed E-state index contributed by atoms with van der Waals surface area (Å²) in [6, 6.07) is 4.22. The number of methoxy groups -OCH3 is 1. The minimum absolute atomic E-state index is 0.0661. The molecular formula is C19H26FN5O2. The van der Waals surface area contributed by atoms with Gasteiger partial charge in [-0.2, -0.15) is 5.10 Å². The lowest BCUT2D eigenvalue weighted by molar-refractivity contribution is -0.120. The van der Waals surface area contributed by atoms with E-state index in [1.54, 1.807) is 13.2 Å². The summed E-state index contributed by atoms with van der Waals surface area (Å²) in [5, 5.41) is 13.6. The maximum Gasteiger partial charge on any atom is 0.226 e. The van der Waals surface area contributed by atoms with E-state index in [9.17, 15) is 9.18 Å². The van der Waals surface area contributed by atoms with Crippen LogP contribution in [0.5, 0.6) is 0 Å². The number of fused-ring (bicyclic) bond motifs is 1. The predicted octanol–water partition coefficient (Wildman–Crippen LogP) is 3.20. The van der Waals surface area contributed by atoms with Crippen LogP contribution in [-0.4, -0.2) is 41.8 Å². The number of nitrogens with one attached hydrogen (secondary N) is 3. The number of hydrogen-bond donors (Lipinski definition) is 3. The first kappa shape index (κ1) is 19.3. The quantitative estimate of drug-likeness (QED) is 0.534. The van der Waals surface area contributed by atoms with Gasteiger partial charge in [-0.15, -0.1) is 0 Å². The minimum Gasteiger partial charge on any atom is -0.382 e. The van der Waals surface area contributed by atoms with Gasteiger partial charge in [0.2, 0.25) is 11.9 Å². The molecule has 1 heterocycles. The lowest BCUT2D eigenvalue weighted by Gasteiger charge is -2.14. The van der Waals surface area contributed by atoms with Gasteiger partial charge >= 0.3 is 0 Å². The molecule has 1 amide bonds. The van der Waals surface area contributed by atoms with Crippen molar-refractivity contribution in [1.82, 2.24) is 15.5 Å². The average Bonchev–Trinajstić information content (AvgIpc) is 3.25. The summed E-state index contributed by atoms with van der Waals surface area (Å²) in [5.41, 5.74) is 0.569. The highest BCUT2D eigenvalue weighted by molar-refractivity contribution is 6.07. The van der Waals surface area contributed by atoms with Crippen LogP contribution in [0.2, 0.25) is 0 Å². The van der Waals surface area contributed by atoms with Crippen LogP contribution in [0.4, 0.5) is 10.2 Å². The predicted molar refractivity (Wildman–Crippen MR) is 103 cm³/mol. The number of H-pyrrole nitrogens is 1. The molecule has 0 saturated heterocycles. The number of amides is 1. The van der Waals surface area contributed by atoms with Crippen molar-refractivity contribution in [2.45, 2.75) is 45.1 Å². The molecule has 0 spiro atoms. The van der Waals surface area contributed by atoms with Crippen molar-refractivity contribution in [2.75, 3.05) is 19.0 Å². The van der Waals surface area contributed by atoms with Crippen molar-refractivity contribution in [3.05, 3.63) is 24.0 Å². The number of hydrogen-bond acceptors (Lipinski definition) is 4. The molecule has 146 valence electrons. The second kappa shape index (κ2) is 8.94. The zero-order chi connectivity index (χ0) is 19.2. The molecule has 1 aromatic carbocycles. The van der Waals surface area contributed by atoms with Gasteiger partial charge in [0.15, 0.2) is 5.82 Å². The monoisotopic (exact) mass is 375 g/mol. The number of aromatic amines is 1. The van der Waals surface area contributed by atoms with E-state index in [1.165, 1.54) is 25.0 Å². The third kappa shape index (κ3) is 5.26. The molecule has 1 unspecified atom stereocenters. The topological polar surface area (TPSA) is 91.4 Å². The Hall–Kier alpha value is -2.48. The summed E-state index contributed by atoms with van der Waals surface area (Å²) in [6.45, 7) is 2.32. The number of halogens is 1. The van der Waals surface area contributed by atoms with Gasteiger partial charge in [-0.05, 0) is 43.9 Å². The van der Waals surface area contributed by atoms with Crippen LogP contribution in [0.25, 0.3) is 10.9 Å². The van der Waals surface area contributed by atoms with Crippen LogP contribution in [0.1, 0.15) is 39.0 Å². The molecule has 0 bridgehead atoms. The van der Waals surface area contributed by atoms with Crippen molar-refractivity contribution >= 4 is 28.6 Å². The van der Waals surface area contributed by atoms with Crippen molar-refractivity contribution in [3.63, 3.8) is 0 Å². The molecule has 0 radical (unpaired) electrons. The molecule has 27 heavy (non-hydrogen) atoms. The third-order valence-corrected chi connectivity index (χ3v) is 4.73. The van der Waals surface area contributed by atoms with Crippen molar-refractivity contribution in [1.29, 1.82) is 0 Å². The zero-order valence-electron chi connectivity index (χ0n) is 15.7. The highest BCUT2D eigenvalue weighted by Crippen LogP contribution is 2.27. The van der Waals surface area contributed by atoms with Crippen LogP contribution in [-0.2, 0) is 9.53 Å². The van der Waals surface area contributed by atoms with E-state index in [-0.39, 0.29) is 17.8 Å². The minimum atomic E-state index is -0.342. The molecule has 7 nitrogen and oxygen atoms in total. The molecule has 1 aliphatic carbocycles. The van der Waals surface area contributed by atoms with Gasteiger partial charge in [-0.25, -0.2) is 9.38 Å². The van der Waals surface area contributed by atoms with E-state index >= 15 is 0 Å². The molecular weight excluding hydrogens is 349 g/mol. The summed E-state index contributed by atoms with van der Waals surface area (Å²) in [5.74, 6) is 0.834. The highest BCUT2D eigenvalue weighted by atomic mass is 19.1. The van der Waals surface area contributed by atoms with Gasteiger partial charge in [0.1, 0.15) is 5.82 Å². The normalized spacial score (nSPS) is 16.6. The average molecular weight is 375 g/mol. The first-order valence-electron chi connectivity index (χ1n) is 9.32. The molecule has 0 aliphatic heterocycles. The molecule has 2 aromatic rings. The molecule has 1 aromatic heterocycles. The van der Waals surface area contributed by atoms with E-state index in [1.807, 2.05) is 6.92 Å². The fraction of sp³-hybridized carbons (Fsp3) is 0.526. The highest BCUT2D eigenvalue weighted by Gasteiger charge is 2.20. The van der Waals surface area contributed by atoms with E-state index in [4.69, 9.17) is 4.74 Å². The Morgan fingerprint density at radius 1 is 1.44 bits per heavy atom. The van der Waals surface area contributed by atoms with E-state index in [2.05, 4.69) is 25.8 Å². The second-order valence-corrected chi connectivity index (χ2v) is 7.07. The van der Waals surface area contributed by atoms with Crippen LogP contribution in [0, 0.1) is 11.7 Å². The summed E-state index contributed by atoms with van der Waals surface area (Å²) >= 11 is 0. The Balaban J connectivity index is 1.75. The third-order valence-electron chi connectivity index (χ3n) is 4.73. The first-order chi connectivity index (χ1) is 13.0. The van der Waals surface area contributed by atoms with Crippen molar-refractivity contribution < 1.29 is 13.9 Å². The van der Waals surface area contributed by atoms with Gasteiger partial charge < -0.3 is 10.1 Å². The molecule has 1 fully saturated rings. The van der Waals surface area contributed by atoms with E-state index < -0.39 is 0 Å². The van der Waals surface area contributed by atoms with Gasteiger partial charge in [0.25, 0.3) is 0 Å². The summed E-state index contributed by atoms with van der Waals surface area (Å²) in [7, 11) is 1.60. The SMILES string of the molecule is COCC(C)N=C(NC(=O)CC1CCCC1)Nc1n[nH]c2cc(F)ccc12. The van der Waals surface area contributed by atoms with E-state index in [0.717, 1.165) is 12.8 Å². The molecule has 3 N–H and O–H groups in total. The van der Waals surface area contributed by atoms with Crippen molar-refractivity contribution in [3.8, 4) is 0 Å². The number of rotatable bonds is 6. The lowest BCUT2D eigenvalue weighted by atomic mass is 10.0. The molecule has 8 heteroatoms. The fourth-order valence-electron chi connectivity index (χ4n) is 3.45. The Morgan fingerprint density at radius 3 is 2.96 bits per heavy atom. The Bertz CT molecular complexity index is 814. The number of carbonyl (C=O) groups is 1. The van der Waals surface area contributed by atoms with Gasteiger partial charge in [-0.1, -0.05) is 12.8 Å². The largest absolute Gasteiger partial charge is 0.382 e. The Labute approximate surface area is 157 Å². The Morgan fingerprint density at radius 2 is 2.22 bits per heavy atom. The number of aromatic nitrogens is 2. The molecule has 3 rings (SSSR count). The Kier molecular flexibility index (Phi) is 6.39. The van der Waals surface area contributed by atoms with Crippen LogP contribution < -0.4 is 10.6 Å². The number of carbonyl (C=O) groups excluding carboxylic acids is 1. The maximum atomic E-state index is 13.4. The molecule has 1 atom stereocenters. The summed E-state index contributed by atoms with van der Waals surface area (Å²) in [4.78, 5) is 16.9. The van der Waals surface area contributed by atoms with Crippen LogP contribution in [0.15, 0.2) is 23.2 Å². The number of nitrogens with zero attached hydrogens (tertiary/aromatic N) is 2. The molecule has 1 aliphatic rings. The smallest absolute Gasteiger partial charge is 0.226 e. The number of ether oxygens (including phenoxy) is 1. The first-order valence-corrected chi connectivity index (χ1v) is 9.32. The van der Waals surface area contributed by atoms with E-state index in [0.29, 0.717) is 41.6 Å². The number of benzene rings is 1.